The molecule has 1 aromatic heterocycles. The molecule has 0 N–H and O–H groups in total. The predicted octanol–water partition coefficient (Wildman–Crippen LogP) is 3.34. The number of anilines is 1. The molecule has 25 heavy (non-hydrogen) atoms. The van der Waals surface area contributed by atoms with E-state index in [2.05, 4.69) is 11.1 Å². The molecule has 0 fully saturated rings. The van der Waals surface area contributed by atoms with E-state index in [4.69, 9.17) is 9.68 Å². The molecule has 0 aliphatic carbocycles. The Morgan fingerprint density at radius 1 is 1.24 bits per heavy atom. The maximum Gasteiger partial charge on any atom is 0.314 e. The molecule has 3 aromatic rings. The standard InChI is InChI=1S/C20H15N3O2/c21-12-15-6-7-18-16(10-15)8-9-23(18)20(24)19-22-13-17(25-19)11-14-4-2-1-3-5-14/h1-7,10,13H,8-9,11H2. The molecule has 0 spiro atoms. The number of aromatic nitrogens is 1. The number of oxazole rings is 1. The summed E-state index contributed by atoms with van der Waals surface area (Å²) in [6, 6.07) is 17.4. The number of fused-ring (bicyclic) bond motifs is 1. The number of carbonyl (C=O) groups excluding carboxylic acids is 1. The molecule has 0 bridgehead atoms. The molecule has 1 amide bonds. The zero-order valence-electron chi connectivity index (χ0n) is 13.5. The second kappa shape index (κ2) is 6.25. The summed E-state index contributed by atoms with van der Waals surface area (Å²) in [7, 11) is 0. The van der Waals surface area contributed by atoms with Gasteiger partial charge in [-0.05, 0) is 35.7 Å². The van der Waals surface area contributed by atoms with Crippen LogP contribution < -0.4 is 4.90 Å². The molecule has 5 heteroatoms. The Labute approximate surface area is 145 Å². The van der Waals surface area contributed by atoms with Crippen LogP contribution in [0.1, 0.15) is 33.1 Å². The smallest absolute Gasteiger partial charge is 0.314 e. The van der Waals surface area contributed by atoms with E-state index < -0.39 is 0 Å². The predicted molar refractivity (Wildman–Crippen MR) is 92.3 cm³/mol. The van der Waals surface area contributed by atoms with Crippen molar-refractivity contribution in [1.29, 1.82) is 5.26 Å². The lowest BCUT2D eigenvalue weighted by molar-refractivity contribution is 0.0954. The number of hydrogen-bond donors (Lipinski definition) is 0. The maximum atomic E-state index is 12.7. The van der Waals surface area contributed by atoms with Crippen LogP contribution in [0.5, 0.6) is 0 Å². The van der Waals surface area contributed by atoms with E-state index in [1.807, 2.05) is 42.5 Å². The second-order valence-electron chi connectivity index (χ2n) is 5.96. The van der Waals surface area contributed by atoms with Crippen LogP contribution in [0.25, 0.3) is 0 Å². The minimum Gasteiger partial charge on any atom is -0.437 e. The fourth-order valence-electron chi connectivity index (χ4n) is 3.08. The van der Waals surface area contributed by atoms with Gasteiger partial charge in [-0.15, -0.1) is 0 Å². The monoisotopic (exact) mass is 329 g/mol. The van der Waals surface area contributed by atoms with Gasteiger partial charge in [0.2, 0.25) is 0 Å². The first-order chi connectivity index (χ1) is 12.2. The van der Waals surface area contributed by atoms with Crippen LogP contribution >= 0.6 is 0 Å². The van der Waals surface area contributed by atoms with Crippen LogP contribution in [0.3, 0.4) is 0 Å². The van der Waals surface area contributed by atoms with Crippen LogP contribution in [0.15, 0.2) is 59.1 Å². The average Bonchev–Trinajstić information content (AvgIpc) is 3.28. The Hall–Kier alpha value is -3.39. The lowest BCUT2D eigenvalue weighted by Gasteiger charge is -2.15. The first kappa shape index (κ1) is 15.2. The molecule has 4 rings (SSSR count). The summed E-state index contributed by atoms with van der Waals surface area (Å²) in [4.78, 5) is 18.5. The van der Waals surface area contributed by atoms with Crippen molar-refractivity contribution in [3.8, 4) is 6.07 Å². The summed E-state index contributed by atoms with van der Waals surface area (Å²) in [5.41, 5.74) is 3.54. The molecular weight excluding hydrogens is 314 g/mol. The molecule has 0 unspecified atom stereocenters. The van der Waals surface area contributed by atoms with Crippen molar-refractivity contribution < 1.29 is 9.21 Å². The number of benzene rings is 2. The number of nitriles is 1. The average molecular weight is 329 g/mol. The lowest BCUT2D eigenvalue weighted by atomic mass is 10.1. The van der Waals surface area contributed by atoms with Crippen LogP contribution in [-0.2, 0) is 12.8 Å². The van der Waals surface area contributed by atoms with E-state index in [0.717, 1.165) is 23.2 Å². The summed E-state index contributed by atoms with van der Waals surface area (Å²) in [6.45, 7) is 0.569. The highest BCUT2D eigenvalue weighted by Gasteiger charge is 2.28. The Kier molecular flexibility index (Phi) is 3.79. The van der Waals surface area contributed by atoms with Gasteiger partial charge < -0.3 is 9.32 Å². The molecule has 0 atom stereocenters. The van der Waals surface area contributed by atoms with Crippen molar-refractivity contribution in [1.82, 2.24) is 4.98 Å². The summed E-state index contributed by atoms with van der Waals surface area (Å²) >= 11 is 0. The fraction of sp³-hybridized carbons (Fsp3) is 0.150. The van der Waals surface area contributed by atoms with Gasteiger partial charge in [-0.3, -0.25) is 4.79 Å². The quantitative estimate of drug-likeness (QED) is 0.739. The second-order valence-corrected chi connectivity index (χ2v) is 5.96. The van der Waals surface area contributed by atoms with Crippen LogP contribution in [0.4, 0.5) is 5.69 Å². The third-order valence-electron chi connectivity index (χ3n) is 4.31. The Bertz CT molecular complexity index is 970. The Morgan fingerprint density at radius 2 is 2.08 bits per heavy atom. The minimum absolute atomic E-state index is 0.100. The van der Waals surface area contributed by atoms with Gasteiger partial charge in [0.15, 0.2) is 0 Å². The van der Waals surface area contributed by atoms with E-state index in [0.29, 0.717) is 24.3 Å². The molecule has 0 saturated heterocycles. The van der Waals surface area contributed by atoms with Crippen molar-refractivity contribution in [3.05, 3.63) is 83.1 Å². The third-order valence-corrected chi connectivity index (χ3v) is 4.31. The van der Waals surface area contributed by atoms with Gasteiger partial charge >= 0.3 is 5.91 Å². The highest BCUT2D eigenvalue weighted by atomic mass is 16.4. The topological polar surface area (TPSA) is 70.1 Å². The zero-order chi connectivity index (χ0) is 17.2. The van der Waals surface area contributed by atoms with E-state index in [1.54, 1.807) is 17.2 Å². The summed E-state index contributed by atoms with van der Waals surface area (Å²) in [5.74, 6) is 0.514. The Morgan fingerprint density at radius 3 is 2.88 bits per heavy atom. The number of amides is 1. The molecule has 5 nitrogen and oxygen atoms in total. The summed E-state index contributed by atoms with van der Waals surface area (Å²) < 4.78 is 5.67. The number of carbonyl (C=O) groups is 1. The molecule has 2 heterocycles. The summed E-state index contributed by atoms with van der Waals surface area (Å²) in [5, 5.41) is 8.99. The fourth-order valence-corrected chi connectivity index (χ4v) is 3.08. The number of rotatable bonds is 3. The van der Waals surface area contributed by atoms with Gasteiger partial charge in [-0.1, -0.05) is 30.3 Å². The SMILES string of the molecule is N#Cc1ccc2c(c1)CCN2C(=O)c1ncc(Cc2ccccc2)o1. The highest BCUT2D eigenvalue weighted by molar-refractivity contribution is 6.04. The van der Waals surface area contributed by atoms with Crippen molar-refractivity contribution in [2.24, 2.45) is 0 Å². The van der Waals surface area contributed by atoms with E-state index in [1.165, 1.54) is 0 Å². The molecule has 1 aliphatic rings. The normalized spacial score (nSPS) is 12.7. The van der Waals surface area contributed by atoms with Gasteiger partial charge in [0, 0.05) is 18.7 Å². The van der Waals surface area contributed by atoms with E-state index in [9.17, 15) is 4.79 Å². The summed E-state index contributed by atoms with van der Waals surface area (Å²) in [6.07, 6.45) is 2.94. The van der Waals surface area contributed by atoms with E-state index >= 15 is 0 Å². The van der Waals surface area contributed by atoms with E-state index in [-0.39, 0.29) is 11.8 Å². The molecule has 1 aliphatic heterocycles. The van der Waals surface area contributed by atoms with Crippen LogP contribution in [-0.4, -0.2) is 17.4 Å². The van der Waals surface area contributed by atoms with Crippen molar-refractivity contribution >= 4 is 11.6 Å². The van der Waals surface area contributed by atoms with Crippen molar-refractivity contribution in [3.63, 3.8) is 0 Å². The van der Waals surface area contributed by atoms with Crippen molar-refractivity contribution in [2.75, 3.05) is 11.4 Å². The lowest BCUT2D eigenvalue weighted by Crippen LogP contribution is -2.29. The van der Waals surface area contributed by atoms with Crippen molar-refractivity contribution in [2.45, 2.75) is 12.8 Å². The molecule has 0 radical (unpaired) electrons. The Balaban J connectivity index is 1.54. The molecule has 0 saturated carbocycles. The maximum absolute atomic E-state index is 12.7. The highest BCUT2D eigenvalue weighted by Crippen LogP contribution is 2.30. The first-order valence-corrected chi connectivity index (χ1v) is 8.08. The molecule has 2 aromatic carbocycles. The molecule has 122 valence electrons. The molecular formula is C20H15N3O2. The number of nitrogens with zero attached hydrogens (tertiary/aromatic N) is 3. The number of hydrogen-bond acceptors (Lipinski definition) is 4. The van der Waals surface area contributed by atoms with Gasteiger partial charge in [-0.2, -0.15) is 5.26 Å². The first-order valence-electron chi connectivity index (χ1n) is 8.08. The van der Waals surface area contributed by atoms with Crippen LogP contribution in [0, 0.1) is 11.3 Å². The van der Waals surface area contributed by atoms with Gasteiger partial charge in [0.25, 0.3) is 5.89 Å². The van der Waals surface area contributed by atoms with Crippen LogP contribution in [0.2, 0.25) is 0 Å². The zero-order valence-corrected chi connectivity index (χ0v) is 13.5. The third kappa shape index (κ3) is 2.90. The van der Waals surface area contributed by atoms with Gasteiger partial charge in [0.1, 0.15) is 5.76 Å². The van der Waals surface area contributed by atoms with Gasteiger partial charge in [-0.25, -0.2) is 4.98 Å². The largest absolute Gasteiger partial charge is 0.437 e. The van der Waals surface area contributed by atoms with Gasteiger partial charge in [0.05, 0.1) is 17.8 Å². The minimum atomic E-state index is -0.247.